The molecule has 2 atom stereocenters. The predicted molar refractivity (Wildman–Crippen MR) is 83.9 cm³/mol. The van der Waals surface area contributed by atoms with Gasteiger partial charge in [0.2, 0.25) is 0 Å². The van der Waals surface area contributed by atoms with Gasteiger partial charge >= 0.3 is 0 Å². The van der Waals surface area contributed by atoms with Crippen molar-refractivity contribution in [2.24, 2.45) is 5.92 Å². The maximum atomic E-state index is 4.73. The van der Waals surface area contributed by atoms with E-state index in [9.17, 15) is 0 Å². The first-order valence-electron chi connectivity index (χ1n) is 8.19. The van der Waals surface area contributed by atoms with Gasteiger partial charge in [0.05, 0.1) is 0 Å². The second-order valence-corrected chi connectivity index (χ2v) is 6.62. The third-order valence-electron chi connectivity index (χ3n) is 4.83. The van der Waals surface area contributed by atoms with E-state index in [0.717, 1.165) is 18.5 Å². The summed E-state index contributed by atoms with van der Waals surface area (Å²) in [6.45, 7) is 6.51. The summed E-state index contributed by atoms with van der Waals surface area (Å²) in [6, 6.07) is 5.56. The number of nitrogens with one attached hydrogen (secondary N) is 1. The zero-order chi connectivity index (χ0) is 13.9. The monoisotopic (exact) mass is 273 g/mol. The van der Waals surface area contributed by atoms with Crippen molar-refractivity contribution in [1.82, 2.24) is 10.3 Å². The molecule has 2 unspecified atom stereocenters. The van der Waals surface area contributed by atoms with Gasteiger partial charge in [-0.15, -0.1) is 0 Å². The Balaban J connectivity index is 1.81. The maximum absolute atomic E-state index is 4.73. The van der Waals surface area contributed by atoms with E-state index in [1.54, 1.807) is 0 Å². The molecule has 0 amide bonds. The molecular formula is C17H27N3. The fourth-order valence-corrected chi connectivity index (χ4v) is 3.86. The molecule has 0 aromatic carbocycles. The van der Waals surface area contributed by atoms with E-state index in [0.29, 0.717) is 6.04 Å². The Labute approximate surface area is 122 Å². The molecule has 1 aliphatic carbocycles. The number of pyridine rings is 1. The third kappa shape index (κ3) is 2.83. The Morgan fingerprint density at radius 3 is 3.00 bits per heavy atom. The maximum Gasteiger partial charge on any atom is 0.133 e. The van der Waals surface area contributed by atoms with Crippen molar-refractivity contribution in [3.05, 3.63) is 23.9 Å². The highest BCUT2D eigenvalue weighted by molar-refractivity contribution is 5.48. The smallest absolute Gasteiger partial charge is 0.133 e. The molecule has 3 nitrogen and oxygen atoms in total. The van der Waals surface area contributed by atoms with Crippen molar-refractivity contribution in [1.29, 1.82) is 0 Å². The molecule has 0 spiro atoms. The summed E-state index contributed by atoms with van der Waals surface area (Å²) in [4.78, 5) is 7.34. The largest absolute Gasteiger partial charge is 0.353 e. The highest BCUT2D eigenvalue weighted by atomic mass is 15.2. The van der Waals surface area contributed by atoms with Crippen LogP contribution in [0.15, 0.2) is 18.3 Å². The minimum Gasteiger partial charge on any atom is -0.353 e. The van der Waals surface area contributed by atoms with Gasteiger partial charge < -0.3 is 10.2 Å². The van der Waals surface area contributed by atoms with Crippen molar-refractivity contribution in [3.63, 3.8) is 0 Å². The van der Waals surface area contributed by atoms with Gasteiger partial charge in [-0.3, -0.25) is 0 Å². The molecular weight excluding hydrogens is 246 g/mol. The molecule has 2 aliphatic rings. The van der Waals surface area contributed by atoms with E-state index in [2.05, 4.69) is 36.2 Å². The van der Waals surface area contributed by atoms with E-state index >= 15 is 0 Å². The quantitative estimate of drug-likeness (QED) is 0.912. The first kappa shape index (κ1) is 13.9. The second kappa shape index (κ2) is 6.13. The summed E-state index contributed by atoms with van der Waals surface area (Å²) in [5.41, 5.74) is 1.36. The fraction of sp³-hybridized carbons (Fsp3) is 0.706. The first-order valence-corrected chi connectivity index (χ1v) is 8.19. The van der Waals surface area contributed by atoms with E-state index < -0.39 is 0 Å². The van der Waals surface area contributed by atoms with E-state index in [-0.39, 0.29) is 0 Å². The molecule has 1 aliphatic heterocycles. The topological polar surface area (TPSA) is 28.2 Å². The summed E-state index contributed by atoms with van der Waals surface area (Å²) in [5.74, 6) is 2.15. The number of anilines is 1. The minimum absolute atomic E-state index is 0.517. The first-order chi connectivity index (χ1) is 9.75. The summed E-state index contributed by atoms with van der Waals surface area (Å²) in [7, 11) is 0. The summed E-state index contributed by atoms with van der Waals surface area (Å²) in [5, 5.41) is 3.53. The van der Waals surface area contributed by atoms with Crippen LogP contribution in [0.4, 0.5) is 5.82 Å². The lowest BCUT2D eigenvalue weighted by atomic mass is 9.91. The van der Waals surface area contributed by atoms with Crippen LogP contribution < -0.4 is 10.2 Å². The molecule has 1 saturated carbocycles. The Kier molecular flexibility index (Phi) is 4.25. The summed E-state index contributed by atoms with van der Waals surface area (Å²) < 4.78 is 0. The molecule has 0 radical (unpaired) electrons. The van der Waals surface area contributed by atoms with Crippen molar-refractivity contribution >= 4 is 5.82 Å². The number of fused-ring (bicyclic) bond motifs is 1. The standard InChI is InChI=1S/C17H27N3/c1-13(2)19-12-15-7-4-10-18-17(15)20-11-5-8-14-6-3-9-16(14)20/h4,7,10,13-14,16,19H,3,5-6,8-9,11-12H2,1-2H3. The molecule has 3 rings (SSSR count). The van der Waals surface area contributed by atoms with Crippen LogP contribution in [0.3, 0.4) is 0 Å². The molecule has 110 valence electrons. The lowest BCUT2D eigenvalue weighted by Crippen LogP contribution is -2.43. The van der Waals surface area contributed by atoms with Crippen molar-refractivity contribution in [2.45, 2.75) is 64.6 Å². The van der Waals surface area contributed by atoms with Crippen LogP contribution in [0.1, 0.15) is 51.5 Å². The molecule has 1 aromatic heterocycles. The van der Waals surface area contributed by atoms with Crippen molar-refractivity contribution in [2.75, 3.05) is 11.4 Å². The number of rotatable bonds is 4. The zero-order valence-electron chi connectivity index (χ0n) is 12.8. The van der Waals surface area contributed by atoms with Crippen LogP contribution in [-0.4, -0.2) is 23.6 Å². The highest BCUT2D eigenvalue weighted by Crippen LogP contribution is 2.39. The third-order valence-corrected chi connectivity index (χ3v) is 4.83. The van der Waals surface area contributed by atoms with Gasteiger partial charge in [0.25, 0.3) is 0 Å². The van der Waals surface area contributed by atoms with Crippen LogP contribution in [0.5, 0.6) is 0 Å². The van der Waals surface area contributed by atoms with Gasteiger partial charge in [0, 0.05) is 36.9 Å². The van der Waals surface area contributed by atoms with Crippen LogP contribution in [0, 0.1) is 5.92 Å². The predicted octanol–water partition coefficient (Wildman–Crippen LogP) is 3.35. The Morgan fingerprint density at radius 1 is 1.30 bits per heavy atom. The van der Waals surface area contributed by atoms with Gasteiger partial charge in [0.15, 0.2) is 0 Å². The van der Waals surface area contributed by atoms with Gasteiger partial charge in [-0.25, -0.2) is 4.98 Å². The van der Waals surface area contributed by atoms with Crippen LogP contribution >= 0.6 is 0 Å². The number of hydrogen-bond acceptors (Lipinski definition) is 3. The molecule has 0 bridgehead atoms. The average molecular weight is 273 g/mol. The Hall–Kier alpha value is -1.09. The van der Waals surface area contributed by atoms with Gasteiger partial charge in [0.1, 0.15) is 5.82 Å². The highest BCUT2D eigenvalue weighted by Gasteiger charge is 2.36. The second-order valence-electron chi connectivity index (χ2n) is 6.62. The molecule has 2 fully saturated rings. The minimum atomic E-state index is 0.517. The summed E-state index contributed by atoms with van der Waals surface area (Å²) >= 11 is 0. The SMILES string of the molecule is CC(C)NCc1cccnc1N1CCCC2CCCC21. The molecule has 3 heteroatoms. The van der Waals surface area contributed by atoms with E-state index in [1.165, 1.54) is 50.0 Å². The number of hydrogen-bond donors (Lipinski definition) is 1. The normalized spacial score (nSPS) is 26.1. The van der Waals surface area contributed by atoms with Crippen molar-refractivity contribution in [3.8, 4) is 0 Å². The molecule has 1 saturated heterocycles. The van der Waals surface area contributed by atoms with Gasteiger partial charge in [-0.2, -0.15) is 0 Å². The fourth-order valence-electron chi connectivity index (χ4n) is 3.86. The Bertz CT molecular complexity index is 444. The molecule has 1 aromatic rings. The van der Waals surface area contributed by atoms with E-state index in [1.807, 2.05) is 6.20 Å². The average Bonchev–Trinajstić information content (AvgIpc) is 2.93. The van der Waals surface area contributed by atoms with Gasteiger partial charge in [-0.05, 0) is 37.7 Å². The lowest BCUT2D eigenvalue weighted by molar-refractivity contribution is 0.359. The summed E-state index contributed by atoms with van der Waals surface area (Å²) in [6.07, 6.45) is 8.89. The number of nitrogens with zero attached hydrogens (tertiary/aromatic N) is 2. The lowest BCUT2D eigenvalue weighted by Gasteiger charge is -2.39. The molecule has 2 heterocycles. The van der Waals surface area contributed by atoms with Crippen LogP contribution in [0.2, 0.25) is 0 Å². The zero-order valence-corrected chi connectivity index (χ0v) is 12.8. The number of aromatic nitrogens is 1. The number of piperidine rings is 1. The van der Waals surface area contributed by atoms with E-state index in [4.69, 9.17) is 4.98 Å². The van der Waals surface area contributed by atoms with Gasteiger partial charge in [-0.1, -0.05) is 26.3 Å². The van der Waals surface area contributed by atoms with Crippen molar-refractivity contribution < 1.29 is 0 Å². The molecule has 1 N–H and O–H groups in total. The molecule has 20 heavy (non-hydrogen) atoms. The van der Waals surface area contributed by atoms with Crippen LogP contribution in [0.25, 0.3) is 0 Å². The Morgan fingerprint density at radius 2 is 2.15 bits per heavy atom. The van der Waals surface area contributed by atoms with Crippen LogP contribution in [-0.2, 0) is 6.54 Å².